The van der Waals surface area contributed by atoms with Gasteiger partial charge in [-0.1, -0.05) is 102 Å². The molecule has 0 aliphatic heterocycles. The van der Waals surface area contributed by atoms with Crippen molar-refractivity contribution in [2.24, 2.45) is 0 Å². The number of benzene rings is 4. The molecule has 0 spiro atoms. The molecule has 0 aliphatic rings. The van der Waals surface area contributed by atoms with Crippen molar-refractivity contribution in [1.29, 1.82) is 0 Å². The van der Waals surface area contributed by atoms with Crippen LogP contribution in [0.15, 0.2) is 91.0 Å². The summed E-state index contributed by atoms with van der Waals surface area (Å²) < 4.78 is 18.0. The van der Waals surface area contributed by atoms with E-state index in [9.17, 15) is 0 Å². The monoisotopic (exact) mass is 651 g/mol. The summed E-state index contributed by atoms with van der Waals surface area (Å²) in [5, 5.41) is 0. The van der Waals surface area contributed by atoms with Gasteiger partial charge in [-0.3, -0.25) is 0 Å². The van der Waals surface area contributed by atoms with Gasteiger partial charge in [0.05, 0.1) is 55.5 Å². The quantitative estimate of drug-likeness (QED) is 0.0835. The molecule has 0 fully saturated rings. The summed E-state index contributed by atoms with van der Waals surface area (Å²) in [7, 11) is 5.31. The summed E-state index contributed by atoms with van der Waals surface area (Å²) in [4.78, 5) is 7.45. The van der Waals surface area contributed by atoms with E-state index in [0.717, 1.165) is 129 Å². The molecule has 0 amide bonds. The molecule has 6 nitrogen and oxygen atoms in total. The van der Waals surface area contributed by atoms with E-state index in [4.69, 9.17) is 14.2 Å². The first kappa shape index (κ1) is 36.5. The lowest BCUT2D eigenvalue weighted by Crippen LogP contribution is -2.28. The highest BCUT2D eigenvalue weighted by molar-refractivity contribution is 5.94. The second-order valence-corrected chi connectivity index (χ2v) is 12.2. The van der Waals surface area contributed by atoms with Crippen LogP contribution >= 0.6 is 0 Å². The number of anilines is 6. The van der Waals surface area contributed by atoms with E-state index in [2.05, 4.69) is 114 Å². The summed E-state index contributed by atoms with van der Waals surface area (Å²) >= 11 is 0. The minimum Gasteiger partial charge on any atom is -0.495 e. The van der Waals surface area contributed by atoms with E-state index in [0.29, 0.717) is 0 Å². The molecule has 0 N–H and O–H groups in total. The van der Waals surface area contributed by atoms with E-state index in [1.54, 1.807) is 21.3 Å². The largest absolute Gasteiger partial charge is 0.495 e. The molecule has 0 bridgehead atoms. The molecular formula is C42H57N3O3. The first-order valence-corrected chi connectivity index (χ1v) is 18.0. The van der Waals surface area contributed by atoms with Gasteiger partial charge in [0, 0.05) is 19.6 Å². The van der Waals surface area contributed by atoms with Gasteiger partial charge in [0.15, 0.2) is 0 Å². The van der Waals surface area contributed by atoms with Crippen molar-refractivity contribution in [3.05, 3.63) is 91.0 Å². The average molecular weight is 652 g/mol. The lowest BCUT2D eigenvalue weighted by Gasteiger charge is -2.38. The normalized spacial score (nSPS) is 10.9. The van der Waals surface area contributed by atoms with Crippen LogP contribution in [-0.2, 0) is 0 Å². The zero-order chi connectivity index (χ0) is 34.1. The van der Waals surface area contributed by atoms with E-state index in [1.165, 1.54) is 0 Å². The van der Waals surface area contributed by atoms with Crippen molar-refractivity contribution in [1.82, 2.24) is 0 Å². The lowest BCUT2D eigenvalue weighted by molar-refractivity contribution is 0.414. The molecule has 0 saturated carbocycles. The maximum Gasteiger partial charge on any atom is 0.142 e. The zero-order valence-corrected chi connectivity index (χ0v) is 30.2. The Morgan fingerprint density at radius 2 is 0.688 bits per heavy atom. The Bertz CT molecular complexity index is 1440. The SMILES string of the molecule is CCCCCN(c1ccccc1OC)c1cccc(N(CCCCC)c2ccccc2OC)c1N(CCCCC)c1ccccc1OC. The smallest absolute Gasteiger partial charge is 0.142 e. The Labute approximate surface area is 290 Å². The molecule has 0 heterocycles. The Morgan fingerprint density at radius 3 is 1.04 bits per heavy atom. The number of hydrogen-bond acceptors (Lipinski definition) is 6. The van der Waals surface area contributed by atoms with Crippen LogP contribution in [0.3, 0.4) is 0 Å². The van der Waals surface area contributed by atoms with Crippen molar-refractivity contribution in [3.63, 3.8) is 0 Å². The van der Waals surface area contributed by atoms with Gasteiger partial charge in [-0.25, -0.2) is 0 Å². The number of methoxy groups -OCH3 is 3. The topological polar surface area (TPSA) is 37.4 Å². The maximum absolute atomic E-state index is 6.05. The molecule has 0 saturated heterocycles. The summed E-state index contributed by atoms with van der Waals surface area (Å²) in [5.41, 5.74) is 6.64. The zero-order valence-electron chi connectivity index (χ0n) is 30.2. The highest BCUT2D eigenvalue weighted by Gasteiger charge is 2.28. The second kappa shape index (κ2) is 19.5. The van der Waals surface area contributed by atoms with Crippen molar-refractivity contribution < 1.29 is 14.2 Å². The summed E-state index contributed by atoms with van der Waals surface area (Å²) in [6, 6.07) is 32.0. The third kappa shape index (κ3) is 8.97. The van der Waals surface area contributed by atoms with E-state index < -0.39 is 0 Å². The van der Waals surface area contributed by atoms with Gasteiger partial charge in [-0.05, 0) is 67.8 Å². The van der Waals surface area contributed by atoms with Gasteiger partial charge >= 0.3 is 0 Å². The standard InChI is InChI=1S/C42H57N3O3/c1-7-10-19-31-43(34-23-13-16-28-39(34)46-4)37-26-22-27-38(44(32-20-11-8-2)35-24-14-17-29-40(35)47-5)42(37)45(33-21-12-9-3)36-25-15-18-30-41(36)48-6/h13-18,22-30H,7-12,19-21,31-33H2,1-6H3. The minimum absolute atomic E-state index is 0.849. The molecule has 6 heteroatoms. The van der Waals surface area contributed by atoms with Crippen LogP contribution in [0.1, 0.15) is 78.6 Å². The Balaban J connectivity index is 2.09. The average Bonchev–Trinajstić information content (AvgIpc) is 3.14. The minimum atomic E-state index is 0.849. The predicted octanol–water partition coefficient (Wildman–Crippen LogP) is 11.7. The molecule has 0 unspecified atom stereocenters. The Hall–Kier alpha value is -4.32. The third-order valence-corrected chi connectivity index (χ3v) is 8.93. The van der Waals surface area contributed by atoms with Crippen LogP contribution in [0.4, 0.5) is 34.1 Å². The highest BCUT2D eigenvalue weighted by atomic mass is 16.5. The van der Waals surface area contributed by atoms with Gasteiger partial charge in [0.2, 0.25) is 0 Å². The molecule has 0 aromatic heterocycles. The first-order chi connectivity index (χ1) is 23.6. The number of ether oxygens (including phenoxy) is 3. The van der Waals surface area contributed by atoms with Gasteiger partial charge < -0.3 is 28.9 Å². The van der Waals surface area contributed by atoms with Crippen LogP contribution in [0.25, 0.3) is 0 Å². The highest BCUT2D eigenvalue weighted by Crippen LogP contribution is 2.50. The molecule has 0 atom stereocenters. The Morgan fingerprint density at radius 1 is 0.375 bits per heavy atom. The first-order valence-electron chi connectivity index (χ1n) is 18.0. The summed E-state index contributed by atoms with van der Waals surface area (Å²) in [5.74, 6) is 2.59. The van der Waals surface area contributed by atoms with Crippen LogP contribution in [0, 0.1) is 0 Å². The molecule has 4 aromatic rings. The molecule has 0 aliphatic carbocycles. The van der Waals surface area contributed by atoms with Gasteiger partial charge in [-0.15, -0.1) is 0 Å². The van der Waals surface area contributed by atoms with Gasteiger partial charge in [0.1, 0.15) is 17.2 Å². The van der Waals surface area contributed by atoms with E-state index in [-0.39, 0.29) is 0 Å². The predicted molar refractivity (Wildman–Crippen MR) is 205 cm³/mol. The van der Waals surface area contributed by atoms with E-state index in [1.807, 2.05) is 12.1 Å². The number of para-hydroxylation sites is 7. The molecule has 258 valence electrons. The molecule has 0 radical (unpaired) electrons. The maximum atomic E-state index is 6.05. The van der Waals surface area contributed by atoms with Gasteiger partial charge in [0.25, 0.3) is 0 Å². The molecule has 4 aromatic carbocycles. The fourth-order valence-electron chi connectivity index (χ4n) is 6.44. The van der Waals surface area contributed by atoms with Crippen molar-refractivity contribution in [2.75, 3.05) is 55.7 Å². The summed E-state index contributed by atoms with van der Waals surface area (Å²) in [6.45, 7) is 9.37. The molecule has 4 rings (SSSR count). The number of rotatable bonds is 21. The van der Waals surface area contributed by atoms with E-state index >= 15 is 0 Å². The van der Waals surface area contributed by atoms with Crippen LogP contribution in [-0.4, -0.2) is 41.0 Å². The van der Waals surface area contributed by atoms with Crippen LogP contribution < -0.4 is 28.9 Å². The number of unbranched alkanes of at least 4 members (excludes halogenated alkanes) is 6. The van der Waals surface area contributed by atoms with Gasteiger partial charge in [-0.2, -0.15) is 0 Å². The fraction of sp³-hybridized carbons (Fsp3) is 0.429. The van der Waals surface area contributed by atoms with Crippen LogP contribution in [0.5, 0.6) is 17.2 Å². The number of hydrogen-bond donors (Lipinski definition) is 0. The molecular weight excluding hydrogens is 594 g/mol. The fourth-order valence-corrected chi connectivity index (χ4v) is 6.44. The van der Waals surface area contributed by atoms with Crippen molar-refractivity contribution >= 4 is 34.1 Å². The third-order valence-electron chi connectivity index (χ3n) is 8.93. The number of nitrogens with zero attached hydrogens (tertiary/aromatic N) is 3. The van der Waals surface area contributed by atoms with Crippen molar-refractivity contribution in [2.45, 2.75) is 78.6 Å². The second-order valence-electron chi connectivity index (χ2n) is 12.2. The lowest BCUT2D eigenvalue weighted by atomic mass is 10.1. The molecule has 48 heavy (non-hydrogen) atoms. The van der Waals surface area contributed by atoms with Crippen molar-refractivity contribution in [3.8, 4) is 17.2 Å². The Kier molecular flexibility index (Phi) is 14.8. The summed E-state index contributed by atoms with van der Waals surface area (Å²) in [6.07, 6.45) is 10.1. The van der Waals surface area contributed by atoms with Crippen LogP contribution in [0.2, 0.25) is 0 Å².